The fourth-order valence-corrected chi connectivity index (χ4v) is 5.30. The Kier molecular flexibility index (Phi) is 5.30. The molecule has 0 unspecified atom stereocenters. The lowest BCUT2D eigenvalue weighted by molar-refractivity contribution is -0.926. The third-order valence-electron chi connectivity index (χ3n) is 4.02. The Morgan fingerprint density at radius 3 is 2.56 bits per heavy atom. The normalized spacial score (nSPS) is 17.1. The van der Waals surface area contributed by atoms with E-state index in [4.69, 9.17) is 12.2 Å². The molecule has 2 aromatic rings. The monoisotopic (exact) mass is 407 g/mol. The number of halogens is 2. The molecule has 0 spiro atoms. The first-order valence-corrected chi connectivity index (χ1v) is 10.3. The average molecular weight is 408 g/mol. The van der Waals surface area contributed by atoms with Crippen molar-refractivity contribution >= 4 is 33.6 Å². The minimum Gasteiger partial charge on any atom is -0.314 e. The van der Waals surface area contributed by atoms with Crippen LogP contribution in [0.15, 0.2) is 23.1 Å². The van der Waals surface area contributed by atoms with E-state index in [1.54, 1.807) is 4.68 Å². The molecule has 0 bridgehead atoms. The third kappa shape index (κ3) is 3.95. The van der Waals surface area contributed by atoms with Crippen LogP contribution in [-0.2, 0) is 16.7 Å². The Labute approximate surface area is 153 Å². The number of aromatic nitrogens is 2. The first-order chi connectivity index (χ1) is 11.8. The van der Waals surface area contributed by atoms with Gasteiger partial charge in [0.25, 0.3) is 0 Å². The van der Waals surface area contributed by atoms with Crippen LogP contribution in [0.1, 0.15) is 5.01 Å². The Morgan fingerprint density at radius 1 is 1.32 bits per heavy atom. The molecular weight excluding hydrogens is 390 g/mol. The molecule has 11 heteroatoms. The minimum atomic E-state index is -3.97. The molecule has 1 aliphatic heterocycles. The van der Waals surface area contributed by atoms with E-state index in [9.17, 15) is 17.2 Å². The van der Waals surface area contributed by atoms with Gasteiger partial charge in [-0.1, -0.05) is 11.3 Å². The summed E-state index contributed by atoms with van der Waals surface area (Å²) in [5, 5.41) is 5.22. The summed E-state index contributed by atoms with van der Waals surface area (Å²) in [5.74, 6) is -1.87. The van der Waals surface area contributed by atoms with Crippen LogP contribution >= 0.6 is 23.6 Å². The lowest BCUT2D eigenvalue weighted by Crippen LogP contribution is -3.14. The highest BCUT2D eigenvalue weighted by Crippen LogP contribution is 2.20. The van der Waals surface area contributed by atoms with Crippen LogP contribution in [0.25, 0.3) is 0 Å². The molecule has 1 saturated heterocycles. The van der Waals surface area contributed by atoms with Gasteiger partial charge in [-0.3, -0.25) is 0 Å². The lowest BCUT2D eigenvalue weighted by Gasteiger charge is -2.31. The molecule has 0 aliphatic carbocycles. The average Bonchev–Trinajstić information content (AvgIpc) is 2.85. The van der Waals surface area contributed by atoms with Crippen LogP contribution in [0.2, 0.25) is 0 Å². The second-order valence-electron chi connectivity index (χ2n) is 5.77. The van der Waals surface area contributed by atoms with Gasteiger partial charge in [-0.25, -0.2) is 17.2 Å². The maximum atomic E-state index is 13.8. The molecule has 0 saturated carbocycles. The Balaban J connectivity index is 1.69. The number of aryl methyl sites for hydroxylation is 1. The fourth-order valence-electron chi connectivity index (χ4n) is 2.75. The summed E-state index contributed by atoms with van der Waals surface area (Å²) in [6.45, 7) is 4.08. The summed E-state index contributed by atoms with van der Waals surface area (Å²) in [4.78, 5) is 0.655. The molecule has 0 atom stereocenters. The van der Waals surface area contributed by atoms with E-state index < -0.39 is 26.6 Å². The van der Waals surface area contributed by atoms with Gasteiger partial charge < -0.3 is 4.90 Å². The number of rotatable bonds is 4. The zero-order valence-corrected chi connectivity index (χ0v) is 15.9. The standard InChI is InChI=1S/C14H16F2N4O2S3/c1-10-17-20(14(23)24-10)9-18-4-6-19(7-5-18)25(21,22)13-3-2-11(15)8-12(13)16/h2-3,8H,4-7,9H2,1H3/p+1. The molecule has 1 N–H and O–H groups in total. The summed E-state index contributed by atoms with van der Waals surface area (Å²) >= 11 is 6.68. The van der Waals surface area contributed by atoms with Crippen molar-refractivity contribution in [3.05, 3.63) is 38.8 Å². The van der Waals surface area contributed by atoms with Crippen molar-refractivity contribution in [3.8, 4) is 0 Å². The fraction of sp³-hybridized carbons (Fsp3) is 0.429. The number of piperazine rings is 1. The number of quaternary nitrogens is 1. The quantitative estimate of drug-likeness (QED) is 0.762. The molecule has 1 aliphatic rings. The molecule has 1 aromatic carbocycles. The van der Waals surface area contributed by atoms with Crippen LogP contribution in [0.5, 0.6) is 0 Å². The zero-order valence-electron chi connectivity index (χ0n) is 13.4. The molecule has 1 fully saturated rings. The second kappa shape index (κ2) is 7.16. The van der Waals surface area contributed by atoms with Gasteiger partial charge in [-0.2, -0.15) is 14.1 Å². The maximum Gasteiger partial charge on any atom is 0.246 e. The number of nitrogens with zero attached hydrogens (tertiary/aromatic N) is 3. The van der Waals surface area contributed by atoms with Crippen LogP contribution in [0.3, 0.4) is 0 Å². The second-order valence-corrected chi connectivity index (χ2v) is 9.51. The highest BCUT2D eigenvalue weighted by atomic mass is 32.2. The predicted octanol–water partition coefficient (Wildman–Crippen LogP) is 0.808. The summed E-state index contributed by atoms with van der Waals surface area (Å²) < 4.78 is 55.6. The first-order valence-electron chi connectivity index (χ1n) is 7.60. The number of nitrogens with one attached hydrogen (secondary N) is 1. The van der Waals surface area contributed by atoms with E-state index in [1.807, 2.05) is 6.92 Å². The van der Waals surface area contributed by atoms with Crippen molar-refractivity contribution < 1.29 is 22.1 Å². The van der Waals surface area contributed by atoms with Crippen LogP contribution in [0, 0.1) is 22.5 Å². The van der Waals surface area contributed by atoms with E-state index in [0.717, 1.165) is 22.0 Å². The SMILES string of the molecule is Cc1nn(C[NH+]2CCN(S(=O)(=O)c3ccc(F)cc3F)CC2)c(=S)s1. The van der Waals surface area contributed by atoms with Gasteiger partial charge in [0, 0.05) is 6.07 Å². The van der Waals surface area contributed by atoms with Gasteiger partial charge in [0.1, 0.15) is 21.5 Å². The molecule has 6 nitrogen and oxygen atoms in total. The van der Waals surface area contributed by atoms with Crippen LogP contribution in [-0.4, -0.2) is 48.7 Å². The largest absolute Gasteiger partial charge is 0.314 e. The van der Waals surface area contributed by atoms with E-state index in [-0.39, 0.29) is 13.1 Å². The lowest BCUT2D eigenvalue weighted by atomic mass is 10.3. The van der Waals surface area contributed by atoms with Gasteiger partial charge in [-0.15, -0.1) is 0 Å². The summed E-state index contributed by atoms with van der Waals surface area (Å²) in [5.41, 5.74) is 0. The summed E-state index contributed by atoms with van der Waals surface area (Å²) in [7, 11) is -3.97. The summed E-state index contributed by atoms with van der Waals surface area (Å²) in [6, 6.07) is 2.50. The number of sulfonamides is 1. The van der Waals surface area contributed by atoms with Crippen molar-refractivity contribution in [2.24, 2.45) is 0 Å². The zero-order chi connectivity index (χ0) is 18.2. The molecule has 2 heterocycles. The van der Waals surface area contributed by atoms with Crippen LogP contribution in [0.4, 0.5) is 8.78 Å². The third-order valence-corrected chi connectivity index (χ3v) is 7.18. The Morgan fingerprint density at radius 2 is 2.00 bits per heavy atom. The van der Waals surface area contributed by atoms with E-state index in [0.29, 0.717) is 29.8 Å². The number of hydrogen-bond donors (Lipinski definition) is 1. The van der Waals surface area contributed by atoms with E-state index >= 15 is 0 Å². The molecule has 0 radical (unpaired) electrons. The van der Waals surface area contributed by atoms with Crippen molar-refractivity contribution in [2.45, 2.75) is 18.5 Å². The molecular formula is C14H17F2N4O2S3+. The Bertz CT molecular complexity index is 934. The van der Waals surface area contributed by atoms with Gasteiger partial charge in [0.05, 0.1) is 26.2 Å². The van der Waals surface area contributed by atoms with Crippen molar-refractivity contribution in [3.63, 3.8) is 0 Å². The molecule has 136 valence electrons. The Hall–Kier alpha value is -1.27. The number of benzene rings is 1. The van der Waals surface area contributed by atoms with Crippen molar-refractivity contribution in [1.82, 2.24) is 14.1 Å². The van der Waals surface area contributed by atoms with Crippen LogP contribution < -0.4 is 4.90 Å². The van der Waals surface area contributed by atoms with Gasteiger partial charge >= 0.3 is 0 Å². The van der Waals surface area contributed by atoms with Crippen molar-refractivity contribution in [1.29, 1.82) is 0 Å². The van der Waals surface area contributed by atoms with E-state index in [1.165, 1.54) is 15.6 Å². The topological polar surface area (TPSA) is 59.6 Å². The summed E-state index contributed by atoms with van der Waals surface area (Å²) in [6.07, 6.45) is 0. The highest BCUT2D eigenvalue weighted by Gasteiger charge is 2.32. The molecule has 0 amide bonds. The predicted molar refractivity (Wildman–Crippen MR) is 91.5 cm³/mol. The number of hydrogen-bond acceptors (Lipinski definition) is 5. The first kappa shape index (κ1) is 18.5. The van der Waals surface area contributed by atoms with Gasteiger partial charge in [0.2, 0.25) is 10.0 Å². The van der Waals surface area contributed by atoms with Gasteiger partial charge in [-0.05, 0) is 31.3 Å². The smallest absolute Gasteiger partial charge is 0.246 e. The maximum absolute atomic E-state index is 13.8. The van der Waals surface area contributed by atoms with Crippen molar-refractivity contribution in [2.75, 3.05) is 26.2 Å². The molecule has 25 heavy (non-hydrogen) atoms. The molecule has 1 aromatic heterocycles. The van der Waals surface area contributed by atoms with Gasteiger partial charge in [0.15, 0.2) is 10.6 Å². The molecule has 3 rings (SSSR count). The highest BCUT2D eigenvalue weighted by molar-refractivity contribution is 7.89. The van der Waals surface area contributed by atoms with E-state index in [2.05, 4.69) is 5.10 Å². The minimum absolute atomic E-state index is 0.255.